The fourth-order valence-corrected chi connectivity index (χ4v) is 2.22. The minimum Gasteiger partial charge on any atom is -0.380 e. The lowest BCUT2D eigenvalue weighted by Gasteiger charge is -2.09. The molecule has 0 aliphatic heterocycles. The minimum absolute atomic E-state index is 0.824. The zero-order valence-electron chi connectivity index (χ0n) is 10.7. The third kappa shape index (κ3) is 2.53. The molecule has 0 spiro atoms. The molecule has 0 bridgehead atoms. The summed E-state index contributed by atoms with van der Waals surface area (Å²) in [6.45, 7) is 2.97. The zero-order valence-corrected chi connectivity index (χ0v) is 10.7. The van der Waals surface area contributed by atoms with Gasteiger partial charge in [-0.1, -0.05) is 24.3 Å². The van der Waals surface area contributed by atoms with Gasteiger partial charge in [-0.2, -0.15) is 0 Å². The van der Waals surface area contributed by atoms with Gasteiger partial charge in [0.25, 0.3) is 0 Å². The fraction of sp³-hybridized carbons (Fsp3) is 0.312. The Hall–Kier alpha value is -1.83. The summed E-state index contributed by atoms with van der Waals surface area (Å²) < 4.78 is 0. The van der Waals surface area contributed by atoms with Gasteiger partial charge in [0.15, 0.2) is 0 Å². The molecule has 0 amide bonds. The SMILES string of the molecule is Cc1ccncc1NCc1cccc(C2CC2)c1. The summed E-state index contributed by atoms with van der Waals surface area (Å²) in [6, 6.07) is 11.0. The van der Waals surface area contributed by atoms with Crippen molar-refractivity contribution in [2.45, 2.75) is 32.2 Å². The third-order valence-electron chi connectivity index (χ3n) is 3.52. The number of pyridine rings is 1. The molecule has 2 heteroatoms. The summed E-state index contributed by atoms with van der Waals surface area (Å²) in [4.78, 5) is 4.15. The first-order chi connectivity index (χ1) is 8.83. The molecular formula is C16H18N2. The predicted molar refractivity (Wildman–Crippen MR) is 74.7 cm³/mol. The van der Waals surface area contributed by atoms with Gasteiger partial charge in [0.2, 0.25) is 0 Å². The average Bonchev–Trinajstić information content (AvgIpc) is 3.23. The van der Waals surface area contributed by atoms with E-state index in [1.807, 2.05) is 18.5 Å². The van der Waals surface area contributed by atoms with Gasteiger partial charge in [-0.05, 0) is 48.4 Å². The molecule has 0 atom stereocenters. The fourth-order valence-electron chi connectivity index (χ4n) is 2.22. The lowest BCUT2D eigenvalue weighted by Crippen LogP contribution is -2.01. The molecule has 0 saturated heterocycles. The van der Waals surface area contributed by atoms with Crippen LogP contribution < -0.4 is 5.32 Å². The predicted octanol–water partition coefficient (Wildman–Crippen LogP) is 3.88. The summed E-state index contributed by atoms with van der Waals surface area (Å²) >= 11 is 0. The molecule has 1 heterocycles. The maximum Gasteiger partial charge on any atom is 0.0559 e. The molecule has 1 aliphatic rings. The van der Waals surface area contributed by atoms with Crippen LogP contribution >= 0.6 is 0 Å². The molecule has 0 unspecified atom stereocenters. The molecule has 1 aliphatic carbocycles. The Morgan fingerprint density at radius 1 is 1.28 bits per heavy atom. The van der Waals surface area contributed by atoms with E-state index in [4.69, 9.17) is 0 Å². The highest BCUT2D eigenvalue weighted by Gasteiger charge is 2.23. The first kappa shape index (κ1) is 11.3. The van der Waals surface area contributed by atoms with Crippen LogP contribution in [0.25, 0.3) is 0 Å². The second-order valence-electron chi connectivity index (χ2n) is 5.06. The monoisotopic (exact) mass is 238 g/mol. The van der Waals surface area contributed by atoms with E-state index >= 15 is 0 Å². The highest BCUT2D eigenvalue weighted by molar-refractivity contribution is 5.48. The third-order valence-corrected chi connectivity index (χ3v) is 3.52. The Balaban J connectivity index is 1.69. The molecule has 1 aromatic carbocycles. The van der Waals surface area contributed by atoms with Gasteiger partial charge >= 0.3 is 0 Å². The van der Waals surface area contributed by atoms with E-state index in [9.17, 15) is 0 Å². The molecule has 0 radical (unpaired) electrons. The minimum atomic E-state index is 0.824. The number of nitrogens with one attached hydrogen (secondary N) is 1. The number of rotatable bonds is 4. The van der Waals surface area contributed by atoms with Crippen molar-refractivity contribution in [1.29, 1.82) is 0 Å². The van der Waals surface area contributed by atoms with Gasteiger partial charge in [-0.25, -0.2) is 0 Å². The van der Waals surface area contributed by atoms with E-state index in [1.54, 1.807) is 0 Å². The maximum absolute atomic E-state index is 4.15. The van der Waals surface area contributed by atoms with Crippen molar-refractivity contribution in [3.8, 4) is 0 Å². The maximum atomic E-state index is 4.15. The van der Waals surface area contributed by atoms with E-state index in [-0.39, 0.29) is 0 Å². The molecule has 1 saturated carbocycles. The van der Waals surface area contributed by atoms with Gasteiger partial charge in [0.1, 0.15) is 0 Å². The average molecular weight is 238 g/mol. The number of aromatic nitrogens is 1. The van der Waals surface area contributed by atoms with Crippen molar-refractivity contribution in [2.75, 3.05) is 5.32 Å². The van der Waals surface area contributed by atoms with E-state index < -0.39 is 0 Å². The molecule has 18 heavy (non-hydrogen) atoms. The van der Waals surface area contributed by atoms with Crippen molar-refractivity contribution < 1.29 is 0 Å². The van der Waals surface area contributed by atoms with Crippen LogP contribution in [-0.2, 0) is 6.54 Å². The van der Waals surface area contributed by atoms with Crippen LogP contribution in [0.15, 0.2) is 42.7 Å². The molecule has 3 rings (SSSR count). The Bertz CT molecular complexity index is 544. The van der Waals surface area contributed by atoms with Crippen molar-refractivity contribution in [2.24, 2.45) is 0 Å². The van der Waals surface area contributed by atoms with Crippen molar-refractivity contribution in [3.63, 3.8) is 0 Å². The topological polar surface area (TPSA) is 24.9 Å². The van der Waals surface area contributed by atoms with Crippen molar-refractivity contribution in [3.05, 3.63) is 59.4 Å². The van der Waals surface area contributed by atoms with E-state index in [0.717, 1.165) is 18.2 Å². The van der Waals surface area contributed by atoms with Crippen LogP contribution in [0.1, 0.15) is 35.4 Å². The lowest BCUT2D eigenvalue weighted by atomic mass is 10.1. The molecular weight excluding hydrogens is 220 g/mol. The van der Waals surface area contributed by atoms with Gasteiger partial charge < -0.3 is 5.32 Å². The van der Waals surface area contributed by atoms with E-state index in [0.29, 0.717) is 0 Å². The van der Waals surface area contributed by atoms with Gasteiger partial charge in [0, 0.05) is 12.7 Å². The number of anilines is 1. The summed E-state index contributed by atoms with van der Waals surface area (Å²) in [6.07, 6.45) is 6.44. The van der Waals surface area contributed by atoms with Crippen LogP contribution in [0.2, 0.25) is 0 Å². The number of hydrogen-bond acceptors (Lipinski definition) is 2. The van der Waals surface area contributed by atoms with Crippen LogP contribution in [-0.4, -0.2) is 4.98 Å². The summed E-state index contributed by atoms with van der Waals surface area (Å²) in [7, 11) is 0. The Morgan fingerprint density at radius 3 is 2.94 bits per heavy atom. The summed E-state index contributed by atoms with van der Waals surface area (Å²) in [5.74, 6) is 0.824. The van der Waals surface area contributed by atoms with E-state index in [2.05, 4.69) is 41.5 Å². The molecule has 1 fully saturated rings. The second kappa shape index (κ2) is 4.81. The standard InChI is InChI=1S/C16H18N2/c1-12-7-8-17-11-16(12)18-10-13-3-2-4-15(9-13)14-5-6-14/h2-4,7-9,11,14,18H,5-6,10H2,1H3. The largest absolute Gasteiger partial charge is 0.380 e. The van der Waals surface area contributed by atoms with Gasteiger partial charge in [0.05, 0.1) is 11.9 Å². The molecule has 92 valence electrons. The normalized spacial score (nSPS) is 14.5. The highest BCUT2D eigenvalue weighted by Crippen LogP contribution is 2.40. The smallest absolute Gasteiger partial charge is 0.0559 e. The summed E-state index contributed by atoms with van der Waals surface area (Å²) in [5, 5.41) is 3.45. The second-order valence-corrected chi connectivity index (χ2v) is 5.06. The molecule has 1 N–H and O–H groups in total. The molecule has 2 aromatic rings. The van der Waals surface area contributed by atoms with Crippen LogP contribution in [0.5, 0.6) is 0 Å². The first-order valence-electron chi connectivity index (χ1n) is 6.56. The van der Waals surface area contributed by atoms with Crippen molar-refractivity contribution >= 4 is 5.69 Å². The summed E-state index contributed by atoms with van der Waals surface area (Å²) in [5.41, 5.74) is 5.21. The lowest BCUT2D eigenvalue weighted by molar-refractivity contribution is 1.08. The zero-order chi connectivity index (χ0) is 12.4. The van der Waals surface area contributed by atoms with Gasteiger partial charge in [-0.3, -0.25) is 4.98 Å². The quantitative estimate of drug-likeness (QED) is 0.874. The highest BCUT2D eigenvalue weighted by atomic mass is 14.9. The number of nitrogens with zero attached hydrogens (tertiary/aromatic N) is 1. The number of hydrogen-bond donors (Lipinski definition) is 1. The van der Waals surface area contributed by atoms with Gasteiger partial charge in [-0.15, -0.1) is 0 Å². The van der Waals surface area contributed by atoms with E-state index in [1.165, 1.54) is 29.5 Å². The number of benzene rings is 1. The molecule has 1 aromatic heterocycles. The Kier molecular flexibility index (Phi) is 3.01. The van der Waals surface area contributed by atoms with Crippen LogP contribution in [0.4, 0.5) is 5.69 Å². The first-order valence-corrected chi connectivity index (χ1v) is 6.56. The van der Waals surface area contributed by atoms with Crippen molar-refractivity contribution in [1.82, 2.24) is 4.98 Å². The Labute approximate surface area is 108 Å². The number of aryl methyl sites for hydroxylation is 1. The van der Waals surface area contributed by atoms with Crippen LogP contribution in [0, 0.1) is 6.92 Å². The Morgan fingerprint density at radius 2 is 2.17 bits per heavy atom. The van der Waals surface area contributed by atoms with Crippen LogP contribution in [0.3, 0.4) is 0 Å². The molecule has 2 nitrogen and oxygen atoms in total.